The number of hydrogen-bond acceptors (Lipinski definition) is 2. The molecule has 0 radical (unpaired) electrons. The molecule has 3 heteroatoms. The van der Waals surface area contributed by atoms with Crippen LogP contribution in [0.1, 0.15) is 43.2 Å². The summed E-state index contributed by atoms with van der Waals surface area (Å²) in [5.41, 5.74) is 8.29. The van der Waals surface area contributed by atoms with Crippen LogP contribution in [0.5, 0.6) is 0 Å². The zero-order valence-corrected chi connectivity index (χ0v) is 12.8. The molecule has 0 bridgehead atoms. The average Bonchev–Trinajstić information content (AvgIpc) is 2.63. The Morgan fingerprint density at radius 2 is 1.95 bits per heavy atom. The summed E-state index contributed by atoms with van der Waals surface area (Å²) in [5, 5.41) is 0.244. The molecule has 2 N–H and O–H groups in total. The summed E-state index contributed by atoms with van der Waals surface area (Å²) in [6, 6.07) is 6.23. The number of aryl methyl sites for hydroxylation is 2. The molecule has 1 aliphatic rings. The fourth-order valence-corrected chi connectivity index (χ4v) is 4.97. The van der Waals surface area contributed by atoms with Gasteiger partial charge >= 0.3 is 0 Å². The number of hydrogen-bond donors (Lipinski definition) is 1. The number of rotatable bonds is 3. The first kappa shape index (κ1) is 14.7. The van der Waals surface area contributed by atoms with Gasteiger partial charge in [0.2, 0.25) is 0 Å². The van der Waals surface area contributed by atoms with Crippen LogP contribution in [-0.2, 0) is 10.8 Å². The second-order valence-corrected chi connectivity index (χ2v) is 7.38. The highest BCUT2D eigenvalue weighted by Gasteiger charge is 2.29. The van der Waals surface area contributed by atoms with E-state index in [1.807, 2.05) is 6.07 Å². The fraction of sp³-hybridized carbons (Fsp3) is 0.625. The average molecular weight is 279 g/mol. The van der Waals surface area contributed by atoms with Gasteiger partial charge < -0.3 is 5.73 Å². The first-order chi connectivity index (χ1) is 9.13. The van der Waals surface area contributed by atoms with E-state index in [1.165, 1.54) is 24.8 Å². The van der Waals surface area contributed by atoms with Crippen molar-refractivity contribution in [1.29, 1.82) is 0 Å². The van der Waals surface area contributed by atoms with Crippen LogP contribution in [0.15, 0.2) is 23.1 Å². The standard InChI is InChI=1S/C16H25NOS/c1-12-8-9-15(13(2)10-12)19(18)16-7-5-3-4-6-14(16)11-17/h8-10,14,16H,3-7,11,17H2,1-2H3. The maximum absolute atomic E-state index is 12.9. The van der Waals surface area contributed by atoms with E-state index in [0.717, 1.165) is 23.3 Å². The van der Waals surface area contributed by atoms with E-state index < -0.39 is 10.8 Å². The SMILES string of the molecule is Cc1ccc(S(=O)C2CCCCCC2CN)c(C)c1. The largest absolute Gasteiger partial charge is 0.330 e. The summed E-state index contributed by atoms with van der Waals surface area (Å²) in [6.45, 7) is 4.81. The Morgan fingerprint density at radius 3 is 2.63 bits per heavy atom. The van der Waals surface area contributed by atoms with Gasteiger partial charge in [0.05, 0.1) is 10.8 Å². The van der Waals surface area contributed by atoms with Gasteiger partial charge in [-0.15, -0.1) is 0 Å². The predicted octanol–water partition coefficient (Wildman–Crippen LogP) is 3.32. The second kappa shape index (κ2) is 6.67. The Hall–Kier alpha value is -0.670. The zero-order chi connectivity index (χ0) is 13.8. The van der Waals surface area contributed by atoms with Crippen LogP contribution in [0.3, 0.4) is 0 Å². The number of nitrogens with two attached hydrogens (primary N) is 1. The summed E-state index contributed by atoms with van der Waals surface area (Å²) < 4.78 is 12.9. The van der Waals surface area contributed by atoms with E-state index in [4.69, 9.17) is 5.73 Å². The van der Waals surface area contributed by atoms with Gasteiger partial charge in [-0.05, 0) is 50.8 Å². The topological polar surface area (TPSA) is 43.1 Å². The normalized spacial score (nSPS) is 25.8. The van der Waals surface area contributed by atoms with E-state index in [2.05, 4.69) is 26.0 Å². The van der Waals surface area contributed by atoms with Crippen LogP contribution < -0.4 is 5.73 Å². The summed E-state index contributed by atoms with van der Waals surface area (Å²) in [7, 11) is -0.911. The first-order valence-corrected chi connectivity index (χ1v) is 8.52. The van der Waals surface area contributed by atoms with Crippen LogP contribution in [0.2, 0.25) is 0 Å². The van der Waals surface area contributed by atoms with Gasteiger partial charge in [0.25, 0.3) is 0 Å². The van der Waals surface area contributed by atoms with Crippen molar-refractivity contribution in [1.82, 2.24) is 0 Å². The van der Waals surface area contributed by atoms with E-state index in [-0.39, 0.29) is 5.25 Å². The molecule has 0 amide bonds. The molecule has 1 saturated carbocycles. The maximum atomic E-state index is 12.9. The minimum atomic E-state index is -0.911. The molecule has 0 heterocycles. The van der Waals surface area contributed by atoms with Gasteiger partial charge in [0.15, 0.2) is 0 Å². The van der Waals surface area contributed by atoms with Crippen LogP contribution in [0.25, 0.3) is 0 Å². The highest BCUT2D eigenvalue weighted by molar-refractivity contribution is 7.85. The maximum Gasteiger partial charge on any atom is 0.0566 e. The monoisotopic (exact) mass is 279 g/mol. The van der Waals surface area contributed by atoms with Gasteiger partial charge in [-0.1, -0.05) is 37.0 Å². The van der Waals surface area contributed by atoms with Gasteiger partial charge in [0.1, 0.15) is 0 Å². The predicted molar refractivity (Wildman–Crippen MR) is 81.7 cm³/mol. The molecule has 1 aromatic rings. The lowest BCUT2D eigenvalue weighted by Gasteiger charge is -2.24. The Morgan fingerprint density at radius 1 is 1.21 bits per heavy atom. The summed E-state index contributed by atoms with van der Waals surface area (Å²) >= 11 is 0. The van der Waals surface area contributed by atoms with E-state index in [1.54, 1.807) is 0 Å². The van der Waals surface area contributed by atoms with Crippen LogP contribution in [0.4, 0.5) is 0 Å². The summed E-state index contributed by atoms with van der Waals surface area (Å²) in [6.07, 6.45) is 5.89. The second-order valence-electron chi connectivity index (χ2n) is 5.74. The third-order valence-corrected chi connectivity index (χ3v) is 6.28. The van der Waals surface area contributed by atoms with Crippen molar-refractivity contribution in [3.63, 3.8) is 0 Å². The Balaban J connectivity index is 2.25. The molecule has 1 aromatic carbocycles. The Labute approximate surface area is 119 Å². The van der Waals surface area contributed by atoms with E-state index in [9.17, 15) is 4.21 Å². The molecule has 0 aliphatic heterocycles. The molecule has 2 rings (SSSR count). The van der Waals surface area contributed by atoms with Gasteiger partial charge in [-0.3, -0.25) is 4.21 Å². The Bertz CT molecular complexity index is 458. The molecule has 19 heavy (non-hydrogen) atoms. The van der Waals surface area contributed by atoms with E-state index >= 15 is 0 Å². The molecule has 106 valence electrons. The third-order valence-electron chi connectivity index (χ3n) is 4.21. The molecule has 1 fully saturated rings. The van der Waals surface area contributed by atoms with Crippen LogP contribution in [0, 0.1) is 19.8 Å². The lowest BCUT2D eigenvalue weighted by atomic mass is 10.0. The van der Waals surface area contributed by atoms with Crippen molar-refractivity contribution in [2.45, 2.75) is 56.1 Å². The van der Waals surface area contributed by atoms with Crippen LogP contribution in [-0.4, -0.2) is 16.0 Å². The fourth-order valence-electron chi connectivity index (χ4n) is 3.09. The van der Waals surface area contributed by atoms with Crippen molar-refractivity contribution < 1.29 is 4.21 Å². The van der Waals surface area contributed by atoms with Crippen molar-refractivity contribution in [3.8, 4) is 0 Å². The molecule has 3 unspecified atom stereocenters. The Kier molecular flexibility index (Phi) is 5.17. The van der Waals surface area contributed by atoms with Gasteiger partial charge in [0, 0.05) is 10.1 Å². The smallest absolute Gasteiger partial charge is 0.0566 e. The van der Waals surface area contributed by atoms with Gasteiger partial charge in [-0.2, -0.15) is 0 Å². The van der Waals surface area contributed by atoms with Crippen LogP contribution >= 0.6 is 0 Å². The minimum Gasteiger partial charge on any atom is -0.330 e. The third kappa shape index (κ3) is 3.46. The molecule has 0 saturated heterocycles. The molecule has 0 spiro atoms. The first-order valence-electron chi connectivity index (χ1n) is 7.31. The molecule has 1 aliphatic carbocycles. The van der Waals surface area contributed by atoms with Crippen molar-refractivity contribution in [2.24, 2.45) is 11.7 Å². The highest BCUT2D eigenvalue weighted by Crippen LogP contribution is 2.30. The molecule has 3 atom stereocenters. The molecular weight excluding hydrogens is 254 g/mol. The highest BCUT2D eigenvalue weighted by atomic mass is 32.2. The van der Waals surface area contributed by atoms with Crippen molar-refractivity contribution in [2.75, 3.05) is 6.54 Å². The van der Waals surface area contributed by atoms with E-state index in [0.29, 0.717) is 12.5 Å². The molecular formula is C16H25NOS. The lowest BCUT2D eigenvalue weighted by molar-refractivity contribution is 0.473. The summed E-state index contributed by atoms with van der Waals surface area (Å²) in [5.74, 6) is 0.420. The zero-order valence-electron chi connectivity index (χ0n) is 12.0. The number of benzene rings is 1. The van der Waals surface area contributed by atoms with Crippen molar-refractivity contribution >= 4 is 10.8 Å². The molecule has 2 nitrogen and oxygen atoms in total. The quantitative estimate of drug-likeness (QED) is 0.863. The summed E-state index contributed by atoms with van der Waals surface area (Å²) in [4.78, 5) is 1.01. The minimum absolute atomic E-state index is 0.244. The van der Waals surface area contributed by atoms with Gasteiger partial charge in [-0.25, -0.2) is 0 Å². The lowest BCUT2D eigenvalue weighted by Crippen LogP contribution is -2.31. The molecule has 0 aromatic heterocycles. The van der Waals surface area contributed by atoms with Crippen molar-refractivity contribution in [3.05, 3.63) is 29.3 Å².